The maximum Gasteiger partial charge on any atom is 0.310 e. The Morgan fingerprint density at radius 3 is 1.45 bits per heavy atom. The molecule has 0 N–H and O–H groups in total. The number of rotatable bonds is 8. The molecule has 0 unspecified atom stereocenters. The van der Waals surface area contributed by atoms with E-state index < -0.39 is 0 Å². The Labute approximate surface area is 184 Å². The summed E-state index contributed by atoms with van der Waals surface area (Å²) in [4.78, 5) is 24.4. The van der Waals surface area contributed by atoms with Crippen molar-refractivity contribution < 1.29 is 19.1 Å². The lowest BCUT2D eigenvalue weighted by molar-refractivity contribution is -0.144. The quantitative estimate of drug-likeness (QED) is 0.328. The molecule has 3 aromatic rings. The van der Waals surface area contributed by atoms with Gasteiger partial charge < -0.3 is 9.47 Å². The standard InChI is InChI=1S/C24H21IO4/c25-24-20(14-22(26)28-16-18-8-3-1-4-9-18)12-7-13-21(24)15-23(27)29-17-19-10-5-2-6-11-19/h1-13H,14-17H2. The van der Waals surface area contributed by atoms with E-state index in [1.807, 2.05) is 78.9 Å². The number of carbonyl (C=O) groups excluding carboxylic acids is 2. The van der Waals surface area contributed by atoms with Gasteiger partial charge >= 0.3 is 11.9 Å². The van der Waals surface area contributed by atoms with Crippen LogP contribution in [0.2, 0.25) is 0 Å². The minimum Gasteiger partial charge on any atom is -0.461 e. The number of halogens is 1. The number of esters is 2. The fourth-order valence-corrected chi connectivity index (χ4v) is 3.54. The zero-order valence-electron chi connectivity index (χ0n) is 15.8. The van der Waals surface area contributed by atoms with Gasteiger partial charge in [-0.2, -0.15) is 0 Å². The minimum atomic E-state index is -0.296. The second kappa shape index (κ2) is 10.8. The van der Waals surface area contributed by atoms with Gasteiger partial charge in [0.2, 0.25) is 0 Å². The van der Waals surface area contributed by atoms with Crippen LogP contribution in [-0.4, -0.2) is 11.9 Å². The lowest BCUT2D eigenvalue weighted by Crippen LogP contribution is -2.12. The molecule has 0 spiro atoms. The van der Waals surface area contributed by atoms with Crippen LogP contribution in [0.15, 0.2) is 78.9 Å². The van der Waals surface area contributed by atoms with Crippen molar-refractivity contribution in [3.05, 3.63) is 105 Å². The maximum absolute atomic E-state index is 12.2. The van der Waals surface area contributed by atoms with Crippen LogP contribution in [0, 0.1) is 3.57 Å². The van der Waals surface area contributed by atoms with E-state index in [0.29, 0.717) is 0 Å². The Balaban J connectivity index is 1.54. The summed E-state index contributed by atoms with van der Waals surface area (Å²) in [5, 5.41) is 0. The molecule has 0 radical (unpaired) electrons. The van der Waals surface area contributed by atoms with Crippen LogP contribution >= 0.6 is 22.6 Å². The third kappa shape index (κ3) is 6.71. The monoisotopic (exact) mass is 500 g/mol. The van der Waals surface area contributed by atoms with E-state index in [0.717, 1.165) is 25.8 Å². The van der Waals surface area contributed by atoms with Gasteiger partial charge in [-0.1, -0.05) is 78.9 Å². The average molecular weight is 500 g/mol. The summed E-state index contributed by atoms with van der Waals surface area (Å²) in [7, 11) is 0. The Bertz CT molecular complexity index is 879. The molecule has 0 fully saturated rings. The Kier molecular flexibility index (Phi) is 7.81. The molecule has 0 atom stereocenters. The van der Waals surface area contributed by atoms with Gasteiger partial charge in [-0.15, -0.1) is 0 Å². The zero-order chi connectivity index (χ0) is 20.5. The molecule has 148 valence electrons. The molecular weight excluding hydrogens is 479 g/mol. The van der Waals surface area contributed by atoms with Crippen molar-refractivity contribution in [2.75, 3.05) is 0 Å². The molecule has 29 heavy (non-hydrogen) atoms. The van der Waals surface area contributed by atoms with E-state index in [2.05, 4.69) is 22.6 Å². The van der Waals surface area contributed by atoms with Crippen LogP contribution < -0.4 is 0 Å². The second-order valence-electron chi connectivity index (χ2n) is 6.54. The van der Waals surface area contributed by atoms with Crippen LogP contribution in [0.1, 0.15) is 22.3 Å². The molecule has 0 aromatic heterocycles. The van der Waals surface area contributed by atoms with E-state index in [4.69, 9.17) is 9.47 Å². The first-order valence-corrected chi connectivity index (χ1v) is 10.3. The second-order valence-corrected chi connectivity index (χ2v) is 7.62. The summed E-state index contributed by atoms with van der Waals surface area (Å²) >= 11 is 2.17. The first-order chi connectivity index (χ1) is 14.1. The summed E-state index contributed by atoms with van der Waals surface area (Å²) < 4.78 is 11.6. The highest BCUT2D eigenvalue weighted by Gasteiger charge is 2.14. The maximum atomic E-state index is 12.2. The van der Waals surface area contributed by atoms with Crippen molar-refractivity contribution in [3.8, 4) is 0 Å². The van der Waals surface area contributed by atoms with E-state index in [9.17, 15) is 9.59 Å². The zero-order valence-corrected chi connectivity index (χ0v) is 18.0. The number of carbonyl (C=O) groups is 2. The minimum absolute atomic E-state index is 0.165. The largest absolute Gasteiger partial charge is 0.461 e. The van der Waals surface area contributed by atoms with Crippen LogP contribution in [0.5, 0.6) is 0 Å². The third-order valence-corrected chi connectivity index (χ3v) is 5.70. The van der Waals surface area contributed by atoms with Gasteiger partial charge in [-0.25, -0.2) is 0 Å². The number of ether oxygens (including phenoxy) is 2. The molecule has 0 aliphatic carbocycles. The molecule has 0 saturated carbocycles. The molecule has 0 heterocycles. The molecule has 0 aliphatic heterocycles. The summed E-state index contributed by atoms with van der Waals surface area (Å²) in [6, 6.07) is 24.7. The lowest BCUT2D eigenvalue weighted by atomic mass is 10.1. The SMILES string of the molecule is O=C(Cc1cccc(CC(=O)OCc2ccccc2)c1I)OCc1ccccc1. The third-order valence-electron chi connectivity index (χ3n) is 4.31. The lowest BCUT2D eigenvalue weighted by Gasteiger charge is -2.11. The van der Waals surface area contributed by atoms with Crippen LogP contribution in [0.4, 0.5) is 0 Å². The van der Waals surface area contributed by atoms with Crippen molar-refractivity contribution >= 4 is 34.5 Å². The van der Waals surface area contributed by atoms with Crippen molar-refractivity contribution in [2.45, 2.75) is 26.1 Å². The Morgan fingerprint density at radius 1 is 0.621 bits per heavy atom. The fourth-order valence-electron chi connectivity index (χ4n) is 2.80. The van der Waals surface area contributed by atoms with E-state index in [1.54, 1.807) is 0 Å². The fraction of sp³-hybridized carbons (Fsp3) is 0.167. The Hall–Kier alpha value is -2.67. The van der Waals surface area contributed by atoms with Gasteiger partial charge in [-0.05, 0) is 44.8 Å². The van der Waals surface area contributed by atoms with Crippen molar-refractivity contribution in [3.63, 3.8) is 0 Å². The highest BCUT2D eigenvalue weighted by Crippen LogP contribution is 2.20. The molecule has 0 saturated heterocycles. The predicted octanol–water partition coefficient (Wildman–Crippen LogP) is 4.86. The molecule has 0 aliphatic rings. The van der Waals surface area contributed by atoms with Crippen LogP contribution in [-0.2, 0) is 45.1 Å². The van der Waals surface area contributed by atoms with E-state index >= 15 is 0 Å². The van der Waals surface area contributed by atoms with Crippen molar-refractivity contribution in [1.82, 2.24) is 0 Å². The van der Waals surface area contributed by atoms with Gasteiger partial charge in [0.15, 0.2) is 0 Å². The summed E-state index contributed by atoms with van der Waals surface area (Å²) in [5.74, 6) is -0.592. The topological polar surface area (TPSA) is 52.6 Å². The smallest absolute Gasteiger partial charge is 0.310 e. The number of benzene rings is 3. The van der Waals surface area contributed by atoms with Gasteiger partial charge in [0.25, 0.3) is 0 Å². The molecular formula is C24H21IO4. The molecule has 3 rings (SSSR count). The highest BCUT2D eigenvalue weighted by molar-refractivity contribution is 14.1. The van der Waals surface area contributed by atoms with Crippen LogP contribution in [0.3, 0.4) is 0 Å². The van der Waals surface area contributed by atoms with Crippen molar-refractivity contribution in [1.29, 1.82) is 0 Å². The van der Waals surface area contributed by atoms with Crippen LogP contribution in [0.25, 0.3) is 0 Å². The molecule has 0 bridgehead atoms. The Morgan fingerprint density at radius 2 is 1.03 bits per heavy atom. The highest BCUT2D eigenvalue weighted by atomic mass is 127. The molecule has 3 aromatic carbocycles. The van der Waals surface area contributed by atoms with Crippen molar-refractivity contribution in [2.24, 2.45) is 0 Å². The predicted molar refractivity (Wildman–Crippen MR) is 119 cm³/mol. The van der Waals surface area contributed by atoms with Gasteiger partial charge in [0.1, 0.15) is 13.2 Å². The summed E-state index contributed by atoms with van der Waals surface area (Å²) in [6.45, 7) is 0.503. The number of hydrogen-bond donors (Lipinski definition) is 0. The summed E-state index contributed by atoms with van der Waals surface area (Å²) in [6.07, 6.45) is 0.329. The first kappa shape index (κ1) is 21.0. The van der Waals surface area contributed by atoms with Gasteiger partial charge in [0.05, 0.1) is 12.8 Å². The number of hydrogen-bond acceptors (Lipinski definition) is 4. The molecule has 5 heteroatoms. The average Bonchev–Trinajstić information content (AvgIpc) is 2.75. The van der Waals surface area contributed by atoms with E-state index in [1.165, 1.54) is 0 Å². The first-order valence-electron chi connectivity index (χ1n) is 9.27. The normalized spacial score (nSPS) is 10.4. The molecule has 4 nitrogen and oxygen atoms in total. The van der Waals surface area contributed by atoms with Gasteiger partial charge in [-0.3, -0.25) is 9.59 Å². The van der Waals surface area contributed by atoms with E-state index in [-0.39, 0.29) is 38.0 Å². The van der Waals surface area contributed by atoms with Gasteiger partial charge in [0, 0.05) is 3.57 Å². The molecule has 0 amide bonds. The summed E-state index contributed by atoms with van der Waals surface area (Å²) in [5.41, 5.74) is 3.59.